The van der Waals surface area contributed by atoms with Crippen LogP contribution in [-0.4, -0.2) is 22.6 Å². The molecule has 1 saturated carbocycles. The van der Waals surface area contributed by atoms with Crippen LogP contribution in [0.3, 0.4) is 0 Å². The van der Waals surface area contributed by atoms with E-state index in [1.807, 2.05) is 36.1 Å². The van der Waals surface area contributed by atoms with Crippen LogP contribution < -0.4 is 4.90 Å². The summed E-state index contributed by atoms with van der Waals surface area (Å²) in [6.07, 6.45) is 3.16. The lowest BCUT2D eigenvalue weighted by Crippen LogP contribution is -2.29. The van der Waals surface area contributed by atoms with E-state index in [2.05, 4.69) is 16.2 Å². The first-order valence-corrected chi connectivity index (χ1v) is 8.39. The number of fused-ring (bicyclic) bond motifs is 2. The molecule has 24 heavy (non-hydrogen) atoms. The fraction of sp³-hybridized carbons (Fsp3) is 0.316. The number of carbonyl (C=O) groups excluding carboxylic acids is 1. The van der Waals surface area contributed by atoms with E-state index in [0.29, 0.717) is 23.7 Å². The lowest BCUT2D eigenvalue weighted by molar-refractivity contribution is 0.0990. The van der Waals surface area contributed by atoms with Gasteiger partial charge in [0.2, 0.25) is 0 Å². The summed E-state index contributed by atoms with van der Waals surface area (Å²) in [4.78, 5) is 19.7. The summed E-state index contributed by atoms with van der Waals surface area (Å²) in [5.74, 6) is 0.470. The fourth-order valence-corrected chi connectivity index (χ4v) is 3.57. The molecule has 0 atom stereocenters. The minimum atomic E-state index is 0.0144. The molecule has 0 radical (unpaired) electrons. The highest BCUT2D eigenvalue weighted by atomic mass is 16.5. The molecule has 5 nitrogen and oxygen atoms in total. The predicted molar refractivity (Wildman–Crippen MR) is 90.3 cm³/mol. The van der Waals surface area contributed by atoms with Crippen molar-refractivity contribution in [1.82, 2.24) is 10.1 Å². The highest BCUT2D eigenvalue weighted by molar-refractivity contribution is 6.14. The van der Waals surface area contributed by atoms with Crippen molar-refractivity contribution >= 4 is 22.7 Å². The molecule has 0 bridgehead atoms. The van der Waals surface area contributed by atoms with Crippen LogP contribution in [0.1, 0.15) is 46.1 Å². The summed E-state index contributed by atoms with van der Waals surface area (Å²) in [7, 11) is 0. The number of aromatic nitrogens is 2. The smallest absolute Gasteiger partial charge is 0.259 e. The number of amides is 1. The maximum atomic E-state index is 13.3. The van der Waals surface area contributed by atoms with E-state index in [1.165, 1.54) is 5.56 Å². The topological polar surface area (TPSA) is 59.2 Å². The molecule has 3 aromatic rings. The minimum Gasteiger partial charge on any atom is -0.336 e. The monoisotopic (exact) mass is 319 g/mol. The van der Waals surface area contributed by atoms with Gasteiger partial charge in [0.25, 0.3) is 11.6 Å². The third kappa shape index (κ3) is 1.97. The zero-order valence-electron chi connectivity index (χ0n) is 13.5. The molecule has 1 fully saturated rings. The van der Waals surface area contributed by atoms with Crippen LogP contribution in [0.4, 0.5) is 5.69 Å². The zero-order chi connectivity index (χ0) is 16.3. The van der Waals surface area contributed by atoms with Gasteiger partial charge in [0.05, 0.1) is 16.6 Å². The third-order valence-electron chi connectivity index (χ3n) is 5.00. The molecule has 1 aromatic carbocycles. The van der Waals surface area contributed by atoms with Gasteiger partial charge in [-0.1, -0.05) is 23.4 Å². The Balaban J connectivity index is 1.66. The number of hydrogen-bond acceptors (Lipinski definition) is 4. The van der Waals surface area contributed by atoms with Gasteiger partial charge in [0.15, 0.2) is 0 Å². The molecule has 1 aliphatic heterocycles. The molecule has 5 heteroatoms. The van der Waals surface area contributed by atoms with Crippen LogP contribution >= 0.6 is 0 Å². The quantitative estimate of drug-likeness (QED) is 0.724. The summed E-state index contributed by atoms with van der Waals surface area (Å²) in [5, 5.41) is 4.77. The molecule has 0 spiro atoms. The van der Waals surface area contributed by atoms with Gasteiger partial charge in [0, 0.05) is 23.8 Å². The SMILES string of the molecule is Cc1noc2nc(C3CC3)cc(C(=O)N3CCc4ccccc43)c12. The van der Waals surface area contributed by atoms with E-state index in [-0.39, 0.29) is 5.91 Å². The Hall–Kier alpha value is -2.69. The van der Waals surface area contributed by atoms with Crippen molar-refractivity contribution in [2.24, 2.45) is 0 Å². The molecule has 3 heterocycles. The van der Waals surface area contributed by atoms with Crippen molar-refractivity contribution in [2.75, 3.05) is 11.4 Å². The van der Waals surface area contributed by atoms with E-state index in [0.717, 1.165) is 41.7 Å². The normalized spacial score (nSPS) is 16.6. The van der Waals surface area contributed by atoms with Crippen molar-refractivity contribution in [1.29, 1.82) is 0 Å². The second-order valence-corrected chi connectivity index (χ2v) is 6.65. The van der Waals surface area contributed by atoms with Gasteiger partial charge in [-0.05, 0) is 43.9 Å². The standard InChI is InChI=1S/C19H17N3O2/c1-11-17-14(10-15(12-6-7-12)20-18(17)24-21-11)19(23)22-9-8-13-4-2-3-5-16(13)22/h2-5,10,12H,6-9H2,1H3. The lowest BCUT2D eigenvalue weighted by Gasteiger charge is -2.18. The van der Waals surface area contributed by atoms with E-state index in [1.54, 1.807) is 0 Å². The van der Waals surface area contributed by atoms with Gasteiger partial charge in [0.1, 0.15) is 0 Å². The van der Waals surface area contributed by atoms with Crippen molar-refractivity contribution < 1.29 is 9.32 Å². The van der Waals surface area contributed by atoms with E-state index in [4.69, 9.17) is 4.52 Å². The Bertz CT molecular complexity index is 972. The van der Waals surface area contributed by atoms with E-state index < -0.39 is 0 Å². The van der Waals surface area contributed by atoms with Crippen molar-refractivity contribution in [3.05, 3.63) is 52.8 Å². The number of para-hydroxylation sites is 1. The Morgan fingerprint density at radius 2 is 2.12 bits per heavy atom. The maximum Gasteiger partial charge on any atom is 0.259 e. The average molecular weight is 319 g/mol. The van der Waals surface area contributed by atoms with Crippen LogP contribution in [0.5, 0.6) is 0 Å². The molecule has 120 valence electrons. The van der Waals surface area contributed by atoms with Gasteiger partial charge in [-0.2, -0.15) is 0 Å². The van der Waals surface area contributed by atoms with Gasteiger partial charge in [-0.3, -0.25) is 4.79 Å². The molecular formula is C19H17N3O2. The molecule has 0 saturated heterocycles. The number of rotatable bonds is 2. The molecular weight excluding hydrogens is 302 g/mol. The van der Waals surface area contributed by atoms with Gasteiger partial charge in [-0.25, -0.2) is 4.98 Å². The van der Waals surface area contributed by atoms with Crippen molar-refractivity contribution in [3.8, 4) is 0 Å². The van der Waals surface area contributed by atoms with Gasteiger partial charge in [-0.15, -0.1) is 0 Å². The second kappa shape index (κ2) is 4.90. The minimum absolute atomic E-state index is 0.0144. The van der Waals surface area contributed by atoms with Crippen LogP contribution in [0, 0.1) is 6.92 Å². The van der Waals surface area contributed by atoms with Crippen LogP contribution in [-0.2, 0) is 6.42 Å². The average Bonchev–Trinajstić information content (AvgIpc) is 3.27. The lowest BCUT2D eigenvalue weighted by atomic mass is 10.1. The number of pyridine rings is 1. The van der Waals surface area contributed by atoms with Crippen molar-refractivity contribution in [3.63, 3.8) is 0 Å². The first-order chi connectivity index (χ1) is 11.7. The van der Waals surface area contributed by atoms with Gasteiger partial charge < -0.3 is 9.42 Å². The highest BCUT2D eigenvalue weighted by Gasteiger charge is 2.31. The first-order valence-electron chi connectivity index (χ1n) is 8.39. The highest BCUT2D eigenvalue weighted by Crippen LogP contribution is 2.41. The van der Waals surface area contributed by atoms with Gasteiger partial charge >= 0.3 is 0 Å². The van der Waals surface area contributed by atoms with Crippen LogP contribution in [0.2, 0.25) is 0 Å². The number of carbonyl (C=O) groups is 1. The molecule has 2 aliphatic rings. The molecule has 1 amide bonds. The number of hydrogen-bond donors (Lipinski definition) is 0. The predicted octanol–water partition coefficient (Wildman–Crippen LogP) is 3.61. The fourth-order valence-electron chi connectivity index (χ4n) is 3.57. The van der Waals surface area contributed by atoms with Crippen LogP contribution in [0.25, 0.3) is 11.1 Å². The Kier molecular flexibility index (Phi) is 2.80. The summed E-state index contributed by atoms with van der Waals surface area (Å²) >= 11 is 0. The summed E-state index contributed by atoms with van der Waals surface area (Å²) < 4.78 is 5.36. The molecule has 2 aromatic heterocycles. The zero-order valence-corrected chi connectivity index (χ0v) is 13.5. The largest absolute Gasteiger partial charge is 0.336 e. The number of benzene rings is 1. The second-order valence-electron chi connectivity index (χ2n) is 6.65. The number of nitrogens with zero attached hydrogens (tertiary/aromatic N) is 3. The molecule has 5 rings (SSSR count). The summed E-state index contributed by atoms with van der Waals surface area (Å²) in [5.41, 5.74) is 5.05. The first kappa shape index (κ1) is 13.7. The van der Waals surface area contributed by atoms with Crippen molar-refractivity contribution in [2.45, 2.75) is 32.1 Å². The Morgan fingerprint density at radius 1 is 1.29 bits per heavy atom. The number of anilines is 1. The third-order valence-corrected chi connectivity index (χ3v) is 5.00. The molecule has 0 N–H and O–H groups in total. The summed E-state index contributed by atoms with van der Waals surface area (Å²) in [6.45, 7) is 2.57. The van der Waals surface area contributed by atoms with Crippen LogP contribution in [0.15, 0.2) is 34.9 Å². The van der Waals surface area contributed by atoms with E-state index in [9.17, 15) is 4.79 Å². The molecule has 1 aliphatic carbocycles. The maximum absolute atomic E-state index is 13.3. The summed E-state index contributed by atoms with van der Waals surface area (Å²) in [6, 6.07) is 10.1. The number of aryl methyl sites for hydroxylation is 1. The Morgan fingerprint density at radius 3 is 2.96 bits per heavy atom. The molecule has 0 unspecified atom stereocenters. The van der Waals surface area contributed by atoms with E-state index >= 15 is 0 Å². The Labute approximate surface area is 139 Å².